The number of hydrogen-bond acceptors (Lipinski definition) is 6. The van der Waals surface area contributed by atoms with Crippen molar-refractivity contribution >= 4 is 40.9 Å². The van der Waals surface area contributed by atoms with Gasteiger partial charge in [-0.3, -0.25) is 14.4 Å². The molecule has 1 aliphatic rings. The lowest BCUT2D eigenvalue weighted by Crippen LogP contribution is -2.32. The van der Waals surface area contributed by atoms with Gasteiger partial charge in [-0.15, -0.1) is 11.6 Å². The lowest BCUT2D eigenvalue weighted by molar-refractivity contribution is -0.151. The number of carbonyl (C=O) groups excluding carboxylic acids is 4. The van der Waals surface area contributed by atoms with Gasteiger partial charge in [-0.1, -0.05) is 13.3 Å². The van der Waals surface area contributed by atoms with Crippen LogP contribution in [0.25, 0.3) is 0 Å². The van der Waals surface area contributed by atoms with E-state index in [1.807, 2.05) is 6.92 Å². The molecule has 2 aromatic carbocycles. The number of ketones is 1. The largest absolute Gasteiger partial charge is 0.462 e. The van der Waals surface area contributed by atoms with Gasteiger partial charge in [0.15, 0.2) is 6.10 Å². The monoisotopic (exact) mass is 503 g/mol. The Bertz CT molecular complexity index is 1060. The van der Waals surface area contributed by atoms with E-state index in [1.165, 1.54) is 17.0 Å². The van der Waals surface area contributed by atoms with Gasteiger partial charge in [0.2, 0.25) is 11.7 Å². The van der Waals surface area contributed by atoms with E-state index in [1.54, 1.807) is 24.3 Å². The first kappa shape index (κ1) is 26.3. The number of rotatable bonds is 11. The topological polar surface area (TPSA) is 90.0 Å². The van der Waals surface area contributed by atoms with Crippen molar-refractivity contribution in [1.82, 2.24) is 0 Å². The van der Waals surface area contributed by atoms with Crippen molar-refractivity contribution in [3.63, 3.8) is 0 Å². The fourth-order valence-electron chi connectivity index (χ4n) is 3.66. The van der Waals surface area contributed by atoms with Crippen LogP contribution in [0.15, 0.2) is 48.5 Å². The molecule has 0 unspecified atom stereocenters. The third-order valence-electron chi connectivity index (χ3n) is 5.65. The molecule has 1 amide bonds. The number of esters is 2. The number of nitrogens with zero attached hydrogens (tertiary/aromatic N) is 1. The van der Waals surface area contributed by atoms with Crippen LogP contribution in [0, 0.1) is 11.7 Å². The number of alkyl halides is 1. The van der Waals surface area contributed by atoms with E-state index in [0.29, 0.717) is 17.9 Å². The molecular weight excluding hydrogens is 477 g/mol. The average molecular weight is 504 g/mol. The molecule has 2 atom stereocenters. The Hall–Kier alpha value is -3.26. The van der Waals surface area contributed by atoms with Crippen LogP contribution in [0.3, 0.4) is 0 Å². The quantitative estimate of drug-likeness (QED) is 0.193. The Morgan fingerprint density at radius 3 is 2.37 bits per heavy atom. The van der Waals surface area contributed by atoms with Gasteiger partial charge in [0, 0.05) is 36.5 Å². The maximum absolute atomic E-state index is 13.2. The van der Waals surface area contributed by atoms with Gasteiger partial charge in [-0.05, 0) is 55.0 Å². The molecule has 9 heteroatoms. The summed E-state index contributed by atoms with van der Waals surface area (Å²) in [6, 6.07) is 11.3. The maximum Gasteiger partial charge on any atom is 0.338 e. The van der Waals surface area contributed by atoms with E-state index < -0.39 is 35.6 Å². The highest BCUT2D eigenvalue weighted by molar-refractivity contribution is 6.18. The summed E-state index contributed by atoms with van der Waals surface area (Å²) in [6.07, 6.45) is 0.583. The molecule has 35 heavy (non-hydrogen) atoms. The van der Waals surface area contributed by atoms with Gasteiger partial charge in [0.25, 0.3) is 0 Å². The Balaban J connectivity index is 1.62. The molecule has 7 nitrogen and oxygen atoms in total. The van der Waals surface area contributed by atoms with E-state index in [2.05, 4.69) is 0 Å². The summed E-state index contributed by atoms with van der Waals surface area (Å²) >= 11 is 5.79. The minimum atomic E-state index is -1.13. The fourth-order valence-corrected chi connectivity index (χ4v) is 3.86. The highest BCUT2D eigenvalue weighted by Gasteiger charge is 2.38. The normalized spacial score (nSPS) is 16.1. The molecule has 1 heterocycles. The van der Waals surface area contributed by atoms with Crippen LogP contribution in [-0.2, 0) is 19.1 Å². The first-order valence-electron chi connectivity index (χ1n) is 11.5. The highest BCUT2D eigenvalue weighted by atomic mass is 35.5. The number of halogens is 2. The SMILES string of the molecule is CCCCOC(=O)c1ccc(N2C[C@@H](C(=O)O[C@@H](CCCl)C(=O)c3ccc(F)cc3)CC2=O)cc1. The number of carbonyl (C=O) groups is 4. The second kappa shape index (κ2) is 12.4. The molecule has 186 valence electrons. The second-order valence-electron chi connectivity index (χ2n) is 8.22. The van der Waals surface area contributed by atoms with Gasteiger partial charge in [-0.2, -0.15) is 0 Å². The van der Waals surface area contributed by atoms with Gasteiger partial charge in [0.05, 0.1) is 18.1 Å². The lowest BCUT2D eigenvalue weighted by atomic mass is 10.0. The van der Waals surface area contributed by atoms with Gasteiger partial charge in [0.1, 0.15) is 5.82 Å². The molecule has 0 N–H and O–H groups in total. The molecule has 0 radical (unpaired) electrons. The summed E-state index contributed by atoms with van der Waals surface area (Å²) in [5.74, 6) is -3.05. The Labute approximate surface area is 208 Å². The summed E-state index contributed by atoms with van der Waals surface area (Å²) in [6.45, 7) is 2.43. The molecule has 1 saturated heterocycles. The molecule has 0 aromatic heterocycles. The van der Waals surface area contributed by atoms with Crippen LogP contribution in [-0.4, -0.2) is 48.8 Å². The van der Waals surface area contributed by atoms with Crippen LogP contribution >= 0.6 is 11.6 Å². The van der Waals surface area contributed by atoms with Crippen LogP contribution < -0.4 is 4.90 Å². The Kier molecular flexibility index (Phi) is 9.37. The molecule has 0 spiro atoms. The van der Waals surface area contributed by atoms with Crippen LogP contribution in [0.1, 0.15) is 53.3 Å². The Morgan fingerprint density at radius 1 is 1.09 bits per heavy atom. The molecule has 3 rings (SSSR count). The van der Waals surface area contributed by atoms with E-state index >= 15 is 0 Å². The van der Waals surface area contributed by atoms with Crippen molar-refractivity contribution in [2.45, 2.75) is 38.7 Å². The molecule has 0 saturated carbocycles. The zero-order valence-corrected chi connectivity index (χ0v) is 20.1. The summed E-state index contributed by atoms with van der Waals surface area (Å²) < 4.78 is 23.8. The van der Waals surface area contributed by atoms with Crippen molar-refractivity contribution in [2.75, 3.05) is 23.9 Å². The van der Waals surface area contributed by atoms with Crippen LogP contribution in [0.4, 0.5) is 10.1 Å². The number of benzene rings is 2. The number of amides is 1. The molecule has 1 aliphatic heterocycles. The summed E-state index contributed by atoms with van der Waals surface area (Å²) in [5.41, 5.74) is 1.11. The molecular formula is C26H27ClFNO6. The molecule has 1 fully saturated rings. The highest BCUT2D eigenvalue weighted by Crippen LogP contribution is 2.27. The first-order chi connectivity index (χ1) is 16.8. The van der Waals surface area contributed by atoms with Crippen molar-refractivity contribution < 1.29 is 33.0 Å². The number of hydrogen-bond donors (Lipinski definition) is 0. The van der Waals surface area contributed by atoms with Gasteiger partial charge < -0.3 is 14.4 Å². The van der Waals surface area contributed by atoms with Crippen molar-refractivity contribution in [3.05, 3.63) is 65.5 Å². The zero-order chi connectivity index (χ0) is 25.4. The van der Waals surface area contributed by atoms with Crippen LogP contribution in [0.2, 0.25) is 0 Å². The van der Waals surface area contributed by atoms with E-state index in [-0.39, 0.29) is 36.7 Å². The third kappa shape index (κ3) is 6.88. The predicted molar refractivity (Wildman–Crippen MR) is 128 cm³/mol. The summed E-state index contributed by atoms with van der Waals surface area (Å²) in [4.78, 5) is 51.6. The van der Waals surface area contributed by atoms with Gasteiger partial charge >= 0.3 is 11.9 Å². The predicted octanol–water partition coefficient (Wildman–Crippen LogP) is 4.56. The van der Waals surface area contributed by atoms with Gasteiger partial charge in [-0.25, -0.2) is 9.18 Å². The molecule has 0 aliphatic carbocycles. The average Bonchev–Trinajstić information content (AvgIpc) is 3.25. The summed E-state index contributed by atoms with van der Waals surface area (Å²) in [7, 11) is 0. The molecule has 2 aromatic rings. The third-order valence-corrected chi connectivity index (χ3v) is 5.87. The fraction of sp³-hybridized carbons (Fsp3) is 0.385. The Morgan fingerprint density at radius 2 is 1.74 bits per heavy atom. The first-order valence-corrected chi connectivity index (χ1v) is 12.0. The number of unbranched alkanes of at least 4 members (excludes halogenated alkanes) is 1. The van der Waals surface area contributed by atoms with E-state index in [9.17, 15) is 23.6 Å². The minimum absolute atomic E-state index is 0.0715. The smallest absolute Gasteiger partial charge is 0.338 e. The van der Waals surface area contributed by atoms with Crippen molar-refractivity contribution in [2.24, 2.45) is 5.92 Å². The van der Waals surface area contributed by atoms with Crippen LogP contribution in [0.5, 0.6) is 0 Å². The summed E-state index contributed by atoms with van der Waals surface area (Å²) in [5, 5.41) is 0. The number of Topliss-reactive ketones (excluding diaryl/α,β-unsaturated/α-hetero) is 1. The number of anilines is 1. The van der Waals surface area contributed by atoms with Crippen molar-refractivity contribution in [1.29, 1.82) is 0 Å². The lowest BCUT2D eigenvalue weighted by Gasteiger charge is -2.19. The maximum atomic E-state index is 13.2. The second-order valence-corrected chi connectivity index (χ2v) is 8.59. The zero-order valence-electron chi connectivity index (χ0n) is 19.4. The number of ether oxygens (including phenoxy) is 2. The molecule has 0 bridgehead atoms. The minimum Gasteiger partial charge on any atom is -0.462 e. The standard InChI is InChI=1S/C26H27ClFNO6/c1-2-3-14-34-25(32)18-6-10-21(11-7-18)29-16-19(15-23(29)30)26(33)35-22(12-13-27)24(31)17-4-8-20(28)9-5-17/h4-11,19,22H,2-3,12-16H2,1H3/t19-,22-/m0/s1. The van der Waals surface area contributed by atoms with Crippen molar-refractivity contribution in [3.8, 4) is 0 Å². The van der Waals surface area contributed by atoms with E-state index in [0.717, 1.165) is 25.0 Å². The van der Waals surface area contributed by atoms with E-state index in [4.69, 9.17) is 21.1 Å².